The second kappa shape index (κ2) is 7.60. The molecule has 0 aliphatic carbocycles. The molecule has 5 heteroatoms. The molecule has 136 valence electrons. The molecule has 0 unspecified atom stereocenters. The van der Waals surface area contributed by atoms with Crippen molar-refractivity contribution in [1.82, 2.24) is 4.90 Å². The Kier molecular flexibility index (Phi) is 5.26. The van der Waals surface area contributed by atoms with Crippen molar-refractivity contribution in [2.24, 2.45) is 0 Å². The highest BCUT2D eigenvalue weighted by atomic mass is 16.5. The summed E-state index contributed by atoms with van der Waals surface area (Å²) < 4.78 is 5.66. The summed E-state index contributed by atoms with van der Waals surface area (Å²) in [6.07, 6.45) is 0. The molecule has 1 aliphatic rings. The van der Waals surface area contributed by atoms with Crippen LogP contribution < -0.4 is 9.64 Å². The number of amides is 2. The largest absolute Gasteiger partial charge is 0.492 e. The van der Waals surface area contributed by atoms with Gasteiger partial charge in [0.15, 0.2) is 0 Å². The molecular formula is C21H24N2O3. The van der Waals surface area contributed by atoms with Gasteiger partial charge in [0.1, 0.15) is 11.8 Å². The van der Waals surface area contributed by atoms with Crippen LogP contribution in [0.1, 0.15) is 29.8 Å². The number of anilines is 1. The number of hydrogen-bond acceptors (Lipinski definition) is 3. The average Bonchev–Trinajstić information content (AvgIpc) is 2.65. The van der Waals surface area contributed by atoms with Crippen molar-refractivity contribution in [2.45, 2.75) is 26.8 Å². The third-order valence-corrected chi connectivity index (χ3v) is 4.75. The molecule has 1 saturated heterocycles. The lowest BCUT2D eigenvalue weighted by Gasteiger charge is -2.39. The quantitative estimate of drug-likeness (QED) is 0.848. The smallest absolute Gasteiger partial charge is 0.254 e. The Morgan fingerprint density at radius 3 is 2.54 bits per heavy atom. The number of para-hydroxylation sites is 2. The van der Waals surface area contributed by atoms with Crippen LogP contribution in [0, 0.1) is 6.92 Å². The number of aryl methyl sites for hydroxylation is 1. The van der Waals surface area contributed by atoms with Crippen LogP contribution in [0.4, 0.5) is 5.69 Å². The summed E-state index contributed by atoms with van der Waals surface area (Å²) in [5, 5.41) is 0. The van der Waals surface area contributed by atoms with Gasteiger partial charge in [0.05, 0.1) is 12.3 Å². The van der Waals surface area contributed by atoms with Gasteiger partial charge in [-0.05, 0) is 44.5 Å². The zero-order chi connectivity index (χ0) is 18.7. The molecule has 1 heterocycles. The Morgan fingerprint density at radius 1 is 1.12 bits per heavy atom. The lowest BCUT2D eigenvalue weighted by molar-refractivity contribution is -0.124. The van der Waals surface area contributed by atoms with E-state index in [2.05, 4.69) is 0 Å². The molecule has 1 fully saturated rings. The fraction of sp³-hybridized carbons (Fsp3) is 0.333. The van der Waals surface area contributed by atoms with E-state index in [0.29, 0.717) is 31.0 Å². The van der Waals surface area contributed by atoms with E-state index in [1.54, 1.807) is 16.7 Å². The summed E-state index contributed by atoms with van der Waals surface area (Å²) in [6.45, 7) is 7.08. The van der Waals surface area contributed by atoms with E-state index < -0.39 is 6.04 Å². The number of benzene rings is 2. The SMILES string of the molecule is CCOc1ccccc1N1CCN(C(=O)c2ccccc2C)[C@H](C)C1=O. The molecule has 5 nitrogen and oxygen atoms in total. The molecule has 0 saturated carbocycles. The number of carbonyl (C=O) groups is 2. The summed E-state index contributed by atoms with van der Waals surface area (Å²) in [7, 11) is 0. The lowest BCUT2D eigenvalue weighted by Crippen LogP contribution is -2.57. The number of piperazine rings is 1. The predicted molar refractivity (Wildman–Crippen MR) is 102 cm³/mol. The van der Waals surface area contributed by atoms with E-state index in [1.165, 1.54) is 0 Å². The molecule has 0 bridgehead atoms. The third kappa shape index (κ3) is 3.29. The highest BCUT2D eigenvalue weighted by Crippen LogP contribution is 2.31. The Labute approximate surface area is 154 Å². The van der Waals surface area contributed by atoms with Gasteiger partial charge in [-0.25, -0.2) is 0 Å². The normalized spacial score (nSPS) is 17.3. The maximum absolute atomic E-state index is 13.0. The second-order valence-electron chi connectivity index (χ2n) is 6.38. The van der Waals surface area contributed by atoms with E-state index in [-0.39, 0.29) is 11.8 Å². The molecule has 26 heavy (non-hydrogen) atoms. The van der Waals surface area contributed by atoms with Gasteiger partial charge in [0, 0.05) is 18.7 Å². The predicted octanol–water partition coefficient (Wildman–Crippen LogP) is 3.27. The van der Waals surface area contributed by atoms with E-state index in [4.69, 9.17) is 4.74 Å². The van der Waals surface area contributed by atoms with E-state index in [1.807, 2.05) is 62.4 Å². The zero-order valence-corrected chi connectivity index (χ0v) is 15.4. The Bertz CT molecular complexity index is 818. The minimum atomic E-state index is -0.523. The van der Waals surface area contributed by atoms with Crippen LogP contribution in [0.3, 0.4) is 0 Å². The number of ether oxygens (including phenoxy) is 1. The van der Waals surface area contributed by atoms with Crippen LogP contribution in [-0.4, -0.2) is 42.5 Å². The number of hydrogen-bond donors (Lipinski definition) is 0. The van der Waals surface area contributed by atoms with Crippen LogP contribution >= 0.6 is 0 Å². The zero-order valence-electron chi connectivity index (χ0n) is 15.4. The highest BCUT2D eigenvalue weighted by Gasteiger charge is 2.36. The molecular weight excluding hydrogens is 328 g/mol. The van der Waals surface area contributed by atoms with Crippen LogP contribution in [0.25, 0.3) is 0 Å². The average molecular weight is 352 g/mol. The standard InChI is InChI=1S/C21H24N2O3/c1-4-26-19-12-8-7-11-18(19)23-14-13-22(16(3)20(23)24)21(25)17-10-6-5-9-15(17)2/h5-12,16H,4,13-14H2,1-3H3/t16-/m1/s1. The number of nitrogens with zero attached hydrogens (tertiary/aromatic N) is 2. The van der Waals surface area contributed by atoms with Gasteiger partial charge < -0.3 is 14.5 Å². The molecule has 2 aromatic rings. The van der Waals surface area contributed by atoms with Gasteiger partial charge >= 0.3 is 0 Å². The number of carbonyl (C=O) groups excluding carboxylic acids is 2. The van der Waals surface area contributed by atoms with Crippen LogP contribution in [-0.2, 0) is 4.79 Å². The summed E-state index contributed by atoms with van der Waals surface area (Å²) in [5.74, 6) is 0.501. The minimum absolute atomic E-state index is 0.0923. The summed E-state index contributed by atoms with van der Waals surface area (Å²) >= 11 is 0. The first-order valence-corrected chi connectivity index (χ1v) is 8.94. The van der Waals surface area contributed by atoms with Gasteiger partial charge in [-0.15, -0.1) is 0 Å². The number of rotatable bonds is 4. The highest BCUT2D eigenvalue weighted by molar-refractivity contribution is 6.04. The van der Waals surface area contributed by atoms with Gasteiger partial charge in [-0.3, -0.25) is 9.59 Å². The van der Waals surface area contributed by atoms with Gasteiger partial charge in [0.25, 0.3) is 5.91 Å². The molecule has 0 aromatic heterocycles. The van der Waals surface area contributed by atoms with Crippen LogP contribution in [0.2, 0.25) is 0 Å². The van der Waals surface area contributed by atoms with E-state index in [0.717, 1.165) is 11.3 Å². The lowest BCUT2D eigenvalue weighted by atomic mass is 10.0. The third-order valence-electron chi connectivity index (χ3n) is 4.75. The second-order valence-corrected chi connectivity index (χ2v) is 6.38. The molecule has 1 aliphatic heterocycles. The maximum Gasteiger partial charge on any atom is 0.254 e. The van der Waals surface area contributed by atoms with E-state index in [9.17, 15) is 9.59 Å². The Morgan fingerprint density at radius 2 is 1.81 bits per heavy atom. The van der Waals surface area contributed by atoms with Gasteiger partial charge in [0.2, 0.25) is 5.91 Å². The van der Waals surface area contributed by atoms with Crippen molar-refractivity contribution in [2.75, 3.05) is 24.6 Å². The van der Waals surface area contributed by atoms with Gasteiger partial charge in [-0.1, -0.05) is 30.3 Å². The first kappa shape index (κ1) is 18.0. The Balaban J connectivity index is 1.84. The molecule has 0 radical (unpaired) electrons. The molecule has 0 N–H and O–H groups in total. The first-order valence-electron chi connectivity index (χ1n) is 8.94. The molecule has 1 atom stereocenters. The molecule has 2 aromatic carbocycles. The fourth-order valence-electron chi connectivity index (χ4n) is 3.31. The van der Waals surface area contributed by atoms with Gasteiger partial charge in [-0.2, -0.15) is 0 Å². The monoisotopic (exact) mass is 352 g/mol. The summed E-state index contributed by atoms with van der Waals surface area (Å²) in [4.78, 5) is 29.3. The van der Waals surface area contributed by atoms with Crippen molar-refractivity contribution in [3.8, 4) is 5.75 Å². The van der Waals surface area contributed by atoms with Crippen LogP contribution in [0.15, 0.2) is 48.5 Å². The van der Waals surface area contributed by atoms with E-state index >= 15 is 0 Å². The van der Waals surface area contributed by atoms with Crippen molar-refractivity contribution in [3.63, 3.8) is 0 Å². The molecule has 2 amide bonds. The minimum Gasteiger partial charge on any atom is -0.492 e. The van der Waals surface area contributed by atoms with Crippen molar-refractivity contribution in [1.29, 1.82) is 0 Å². The van der Waals surface area contributed by atoms with Crippen molar-refractivity contribution < 1.29 is 14.3 Å². The summed E-state index contributed by atoms with van der Waals surface area (Å²) in [5.41, 5.74) is 2.32. The summed E-state index contributed by atoms with van der Waals surface area (Å²) in [6, 6.07) is 14.5. The van der Waals surface area contributed by atoms with Crippen molar-refractivity contribution >= 4 is 17.5 Å². The van der Waals surface area contributed by atoms with Crippen molar-refractivity contribution in [3.05, 3.63) is 59.7 Å². The molecule has 0 spiro atoms. The maximum atomic E-state index is 13.0. The first-order chi connectivity index (χ1) is 12.5. The molecule has 3 rings (SSSR count). The van der Waals surface area contributed by atoms with Crippen LogP contribution in [0.5, 0.6) is 5.75 Å². The topological polar surface area (TPSA) is 49.9 Å². The Hall–Kier alpha value is -2.82. The fourth-order valence-corrected chi connectivity index (χ4v) is 3.31.